The van der Waals surface area contributed by atoms with E-state index in [9.17, 15) is 14.4 Å². The van der Waals surface area contributed by atoms with Gasteiger partial charge in [0, 0.05) is 17.0 Å². The lowest BCUT2D eigenvalue weighted by molar-refractivity contribution is 0.567. The maximum atomic E-state index is 12.5. The summed E-state index contributed by atoms with van der Waals surface area (Å²) in [5.74, 6) is 0.560. The van der Waals surface area contributed by atoms with E-state index in [1.807, 2.05) is 17.5 Å². The highest BCUT2D eigenvalue weighted by Gasteiger charge is 2.13. The topological polar surface area (TPSA) is 85.1 Å². The van der Waals surface area contributed by atoms with Crippen LogP contribution in [0.15, 0.2) is 78.8 Å². The van der Waals surface area contributed by atoms with E-state index in [1.54, 1.807) is 43.3 Å². The molecule has 3 heterocycles. The highest BCUT2D eigenvalue weighted by Crippen LogP contribution is 2.33. The summed E-state index contributed by atoms with van der Waals surface area (Å²) in [6, 6.07) is 15.8. The van der Waals surface area contributed by atoms with Gasteiger partial charge < -0.3 is 4.42 Å². The van der Waals surface area contributed by atoms with E-state index in [2.05, 4.69) is 18.8 Å². The van der Waals surface area contributed by atoms with Crippen molar-refractivity contribution in [3.63, 3.8) is 0 Å². The average Bonchev–Trinajstić information content (AvgIpc) is 3.32. The second-order valence-electron chi connectivity index (χ2n) is 9.10. The Hall–Kier alpha value is -3.71. The molecule has 5 rings (SSSR count). The molecule has 1 N–H and O–H groups in total. The summed E-state index contributed by atoms with van der Waals surface area (Å²) in [6.45, 7) is 6.26. The highest BCUT2D eigenvalue weighted by atomic mass is 32.1. The van der Waals surface area contributed by atoms with E-state index < -0.39 is 11.2 Å². The summed E-state index contributed by atoms with van der Waals surface area (Å²) >= 11 is 1.35. The Morgan fingerprint density at radius 1 is 0.892 bits per heavy atom. The maximum absolute atomic E-state index is 12.5. The molecule has 2 aromatic carbocycles. The molecule has 6 nitrogen and oxygen atoms in total. The molecule has 0 saturated heterocycles. The van der Waals surface area contributed by atoms with Crippen LogP contribution in [0.4, 0.5) is 0 Å². The average molecular weight is 517 g/mol. The van der Waals surface area contributed by atoms with Crippen molar-refractivity contribution < 1.29 is 4.42 Å². The Bertz CT molecular complexity index is 1670. The van der Waals surface area contributed by atoms with Crippen LogP contribution in [-0.2, 0) is 0 Å². The summed E-state index contributed by atoms with van der Waals surface area (Å²) in [5.41, 5.74) is 2.48. The zero-order chi connectivity index (χ0) is 26.4. The normalized spacial score (nSPS) is 11.0. The number of unbranched alkanes of at least 4 members (excludes halogenated alkanes) is 5. The van der Waals surface area contributed by atoms with E-state index in [0.717, 1.165) is 11.1 Å². The molecule has 5 aromatic rings. The van der Waals surface area contributed by atoms with Crippen LogP contribution in [0.1, 0.15) is 58.1 Å². The van der Waals surface area contributed by atoms with Crippen LogP contribution in [-0.4, -0.2) is 9.55 Å². The number of rotatable bonds is 7. The van der Waals surface area contributed by atoms with Gasteiger partial charge in [0.15, 0.2) is 5.58 Å². The smallest absolute Gasteiger partial charge is 0.333 e. The number of aromatic nitrogens is 2. The van der Waals surface area contributed by atoms with Crippen molar-refractivity contribution in [1.82, 2.24) is 9.55 Å². The number of aryl methyl sites for hydroxylation is 1. The van der Waals surface area contributed by atoms with Crippen LogP contribution < -0.4 is 16.7 Å². The van der Waals surface area contributed by atoms with Crippen molar-refractivity contribution in [3.8, 4) is 16.8 Å². The molecule has 37 heavy (non-hydrogen) atoms. The molecule has 0 saturated carbocycles. The van der Waals surface area contributed by atoms with Gasteiger partial charge in [-0.2, -0.15) is 0 Å². The van der Waals surface area contributed by atoms with E-state index in [-0.39, 0.29) is 5.43 Å². The first-order valence-corrected chi connectivity index (χ1v) is 13.7. The van der Waals surface area contributed by atoms with Gasteiger partial charge in [0.2, 0.25) is 5.43 Å². The minimum absolute atomic E-state index is 0.0529. The van der Waals surface area contributed by atoms with Gasteiger partial charge in [-0.25, -0.2) is 4.79 Å². The molecule has 192 valence electrons. The van der Waals surface area contributed by atoms with Crippen LogP contribution in [0, 0.1) is 6.92 Å². The van der Waals surface area contributed by atoms with E-state index in [1.165, 1.54) is 60.5 Å². The molecule has 0 fully saturated rings. The zero-order valence-electron chi connectivity index (χ0n) is 21.5. The van der Waals surface area contributed by atoms with Gasteiger partial charge in [-0.15, -0.1) is 11.3 Å². The summed E-state index contributed by atoms with van der Waals surface area (Å²) in [7, 11) is 0. The van der Waals surface area contributed by atoms with E-state index >= 15 is 0 Å². The molecule has 0 aliphatic rings. The molecule has 0 amide bonds. The molecule has 7 heteroatoms. The van der Waals surface area contributed by atoms with Gasteiger partial charge in [-0.1, -0.05) is 76.6 Å². The van der Waals surface area contributed by atoms with Crippen molar-refractivity contribution in [1.29, 1.82) is 0 Å². The summed E-state index contributed by atoms with van der Waals surface area (Å²) in [6.07, 6.45) is 8.49. The predicted molar refractivity (Wildman–Crippen MR) is 153 cm³/mol. The van der Waals surface area contributed by atoms with Gasteiger partial charge in [0.1, 0.15) is 10.5 Å². The van der Waals surface area contributed by atoms with Gasteiger partial charge in [0.05, 0.1) is 16.6 Å². The molecule has 0 atom stereocenters. The van der Waals surface area contributed by atoms with Crippen LogP contribution in [0.25, 0.3) is 38.0 Å². The number of nitrogens with zero attached hydrogens (tertiary/aromatic N) is 1. The zero-order valence-corrected chi connectivity index (χ0v) is 22.3. The Labute approximate surface area is 219 Å². The number of nitrogens with one attached hydrogen (secondary N) is 1. The van der Waals surface area contributed by atoms with Crippen molar-refractivity contribution in [3.05, 3.63) is 96.8 Å². The van der Waals surface area contributed by atoms with Crippen LogP contribution >= 0.6 is 11.3 Å². The van der Waals surface area contributed by atoms with Gasteiger partial charge in [-0.05, 0) is 36.8 Å². The lowest BCUT2D eigenvalue weighted by Crippen LogP contribution is -2.29. The summed E-state index contributed by atoms with van der Waals surface area (Å²) in [5, 5.41) is 2.34. The third-order valence-electron chi connectivity index (χ3n) is 6.27. The minimum atomic E-state index is -0.496. The lowest BCUT2D eigenvalue weighted by Gasteiger charge is -2.10. The molecule has 0 bridgehead atoms. The third kappa shape index (κ3) is 5.83. The van der Waals surface area contributed by atoms with Crippen molar-refractivity contribution in [2.75, 3.05) is 0 Å². The first-order valence-electron chi connectivity index (χ1n) is 12.8. The molecular weight excluding hydrogens is 484 g/mol. The molecule has 0 unspecified atom stereocenters. The van der Waals surface area contributed by atoms with E-state index in [4.69, 9.17) is 4.42 Å². The number of aromatic amines is 1. The molecule has 3 aromatic heterocycles. The van der Waals surface area contributed by atoms with Crippen LogP contribution in [0.3, 0.4) is 0 Å². The maximum Gasteiger partial charge on any atom is 0.333 e. The monoisotopic (exact) mass is 516 g/mol. The van der Waals surface area contributed by atoms with Crippen molar-refractivity contribution in [2.24, 2.45) is 0 Å². The summed E-state index contributed by atoms with van der Waals surface area (Å²) in [4.78, 5) is 39.1. The van der Waals surface area contributed by atoms with Gasteiger partial charge in [0.25, 0.3) is 5.56 Å². The Balaban J connectivity index is 0.000000349. The molecule has 0 aliphatic heterocycles. The minimum Gasteiger partial charge on any atom is -0.460 e. The predicted octanol–water partition coefficient (Wildman–Crippen LogP) is 7.19. The number of hydrogen-bond donors (Lipinski definition) is 1. The number of fused-ring (bicyclic) bond motifs is 2. The Morgan fingerprint density at radius 3 is 2.24 bits per heavy atom. The standard InChI is InChI=1S/C22H14N2O4S.C8H18/c1-12-10-18(25)20-19(28-12)16(11-29-20)13-6-8-14(9-7-13)24-17-5-3-2-4-15(17)21(26)23-22(24)27;1-3-5-7-8-6-4-2/h2-11H,1H3,(H,23,26,27);3-8H2,1-2H3. The first kappa shape index (κ1) is 26.4. The molecular formula is C30H32N2O4S. The molecule has 0 radical (unpaired) electrons. The highest BCUT2D eigenvalue weighted by molar-refractivity contribution is 7.17. The van der Waals surface area contributed by atoms with E-state index in [0.29, 0.717) is 32.6 Å². The number of H-pyrrole nitrogens is 1. The number of hydrogen-bond acceptors (Lipinski definition) is 5. The fraction of sp³-hybridized carbons (Fsp3) is 0.300. The number of thiophene rings is 1. The summed E-state index contributed by atoms with van der Waals surface area (Å²) < 4.78 is 7.84. The van der Waals surface area contributed by atoms with Crippen LogP contribution in [0.5, 0.6) is 0 Å². The SMILES string of the molecule is CCCCCCCC.Cc1cc(=O)c2scc(-c3ccc(-n4c(=O)[nH]c(=O)c5ccccc54)cc3)c2o1. The Kier molecular flexibility index (Phi) is 8.56. The quantitative estimate of drug-likeness (QED) is 0.232. The van der Waals surface area contributed by atoms with Gasteiger partial charge in [-0.3, -0.25) is 19.1 Å². The van der Waals surface area contributed by atoms with Crippen molar-refractivity contribution >= 4 is 32.5 Å². The number of para-hydroxylation sites is 1. The fourth-order valence-electron chi connectivity index (χ4n) is 4.35. The number of benzene rings is 2. The molecule has 0 aliphatic carbocycles. The lowest BCUT2D eigenvalue weighted by atomic mass is 10.1. The van der Waals surface area contributed by atoms with Gasteiger partial charge >= 0.3 is 5.69 Å². The van der Waals surface area contributed by atoms with Crippen LogP contribution in [0.2, 0.25) is 0 Å². The fourth-order valence-corrected chi connectivity index (χ4v) is 5.26. The molecule has 0 spiro atoms. The largest absolute Gasteiger partial charge is 0.460 e. The second-order valence-corrected chi connectivity index (χ2v) is 9.98. The second kappa shape index (κ2) is 12.0. The Morgan fingerprint density at radius 2 is 1.57 bits per heavy atom. The van der Waals surface area contributed by atoms with Crippen molar-refractivity contribution in [2.45, 2.75) is 59.3 Å². The first-order chi connectivity index (χ1) is 17.9. The third-order valence-corrected chi connectivity index (χ3v) is 7.25.